The Morgan fingerprint density at radius 2 is 1.75 bits per heavy atom. The lowest BCUT2D eigenvalue weighted by atomic mass is 10.2. The van der Waals surface area contributed by atoms with Crippen LogP contribution in [0.1, 0.15) is 13.3 Å². The first-order valence-corrected chi connectivity index (χ1v) is 5.30. The number of ether oxygens (including phenoxy) is 3. The van der Waals surface area contributed by atoms with E-state index in [4.69, 9.17) is 19.9 Å². The highest BCUT2D eigenvalue weighted by molar-refractivity contribution is 5.51. The highest BCUT2D eigenvalue weighted by Gasteiger charge is 2.13. The van der Waals surface area contributed by atoms with Crippen LogP contribution in [0.2, 0.25) is 0 Å². The lowest BCUT2D eigenvalue weighted by Crippen LogP contribution is -2.17. The van der Waals surface area contributed by atoms with Crippen LogP contribution < -0.4 is 19.9 Å². The smallest absolute Gasteiger partial charge is 0.203 e. The molecule has 0 saturated carbocycles. The van der Waals surface area contributed by atoms with Crippen LogP contribution in [0.15, 0.2) is 18.2 Å². The van der Waals surface area contributed by atoms with Crippen molar-refractivity contribution in [1.82, 2.24) is 0 Å². The summed E-state index contributed by atoms with van der Waals surface area (Å²) in [4.78, 5) is 0. The van der Waals surface area contributed by atoms with E-state index in [1.807, 2.05) is 25.1 Å². The summed E-state index contributed by atoms with van der Waals surface area (Å²) in [6.45, 7) is 2.57. The SMILES string of the molecule is COc1cccc(OC)c1OC(C)CCN. The van der Waals surface area contributed by atoms with Gasteiger partial charge in [-0.3, -0.25) is 0 Å². The van der Waals surface area contributed by atoms with Gasteiger partial charge in [0, 0.05) is 0 Å². The molecule has 1 unspecified atom stereocenters. The predicted molar refractivity (Wildman–Crippen MR) is 63.3 cm³/mol. The van der Waals surface area contributed by atoms with Crippen LogP contribution >= 0.6 is 0 Å². The molecule has 90 valence electrons. The van der Waals surface area contributed by atoms with Crippen molar-refractivity contribution in [3.8, 4) is 17.2 Å². The largest absolute Gasteiger partial charge is 0.493 e. The first-order valence-electron chi connectivity index (χ1n) is 5.30. The summed E-state index contributed by atoms with van der Waals surface area (Å²) in [5, 5.41) is 0. The molecule has 16 heavy (non-hydrogen) atoms. The van der Waals surface area contributed by atoms with E-state index in [1.54, 1.807) is 14.2 Å². The fourth-order valence-corrected chi connectivity index (χ4v) is 1.43. The number of methoxy groups -OCH3 is 2. The Kier molecular flexibility index (Phi) is 4.92. The quantitative estimate of drug-likeness (QED) is 0.802. The van der Waals surface area contributed by atoms with E-state index in [0.29, 0.717) is 23.8 Å². The van der Waals surface area contributed by atoms with Gasteiger partial charge >= 0.3 is 0 Å². The average molecular weight is 225 g/mol. The van der Waals surface area contributed by atoms with E-state index in [0.717, 1.165) is 6.42 Å². The lowest BCUT2D eigenvalue weighted by Gasteiger charge is -2.18. The van der Waals surface area contributed by atoms with Crippen LogP contribution in [-0.2, 0) is 0 Å². The number of hydrogen-bond acceptors (Lipinski definition) is 4. The summed E-state index contributed by atoms with van der Waals surface area (Å²) in [7, 11) is 3.21. The summed E-state index contributed by atoms with van der Waals surface area (Å²) < 4.78 is 16.2. The minimum atomic E-state index is 0.0372. The monoisotopic (exact) mass is 225 g/mol. The van der Waals surface area contributed by atoms with Crippen molar-refractivity contribution in [2.24, 2.45) is 5.73 Å². The molecule has 4 heteroatoms. The molecule has 1 atom stereocenters. The van der Waals surface area contributed by atoms with Crippen LogP contribution in [0.4, 0.5) is 0 Å². The molecule has 1 rings (SSSR count). The molecule has 0 heterocycles. The van der Waals surface area contributed by atoms with Gasteiger partial charge in [-0.05, 0) is 32.0 Å². The molecule has 0 saturated heterocycles. The van der Waals surface area contributed by atoms with Gasteiger partial charge in [-0.2, -0.15) is 0 Å². The average Bonchev–Trinajstić information content (AvgIpc) is 2.29. The van der Waals surface area contributed by atoms with Crippen molar-refractivity contribution >= 4 is 0 Å². The topological polar surface area (TPSA) is 53.7 Å². The van der Waals surface area contributed by atoms with E-state index in [9.17, 15) is 0 Å². The molecule has 0 aliphatic rings. The maximum Gasteiger partial charge on any atom is 0.203 e. The van der Waals surface area contributed by atoms with Crippen molar-refractivity contribution in [1.29, 1.82) is 0 Å². The Labute approximate surface area is 96.3 Å². The van der Waals surface area contributed by atoms with E-state index in [2.05, 4.69) is 0 Å². The van der Waals surface area contributed by atoms with E-state index in [1.165, 1.54) is 0 Å². The number of hydrogen-bond donors (Lipinski definition) is 1. The van der Waals surface area contributed by atoms with Gasteiger partial charge in [0.1, 0.15) is 0 Å². The number of rotatable bonds is 6. The van der Waals surface area contributed by atoms with E-state index < -0.39 is 0 Å². The molecular weight excluding hydrogens is 206 g/mol. The fraction of sp³-hybridized carbons (Fsp3) is 0.500. The minimum absolute atomic E-state index is 0.0372. The molecule has 4 nitrogen and oxygen atoms in total. The molecular formula is C12H19NO3. The normalized spacial score (nSPS) is 12.0. The third-order valence-corrected chi connectivity index (χ3v) is 2.27. The standard InChI is InChI=1S/C12H19NO3/c1-9(7-8-13)16-12-10(14-2)5-4-6-11(12)15-3/h4-6,9H,7-8,13H2,1-3H3. The molecule has 0 radical (unpaired) electrons. The Morgan fingerprint density at radius 3 is 2.19 bits per heavy atom. The molecule has 0 fully saturated rings. The number of nitrogens with two attached hydrogens (primary N) is 1. The number of para-hydroxylation sites is 1. The first kappa shape index (κ1) is 12.6. The highest BCUT2D eigenvalue weighted by Crippen LogP contribution is 2.37. The first-order chi connectivity index (χ1) is 7.72. The second-order valence-electron chi connectivity index (χ2n) is 3.50. The van der Waals surface area contributed by atoms with Crippen LogP contribution in [0.25, 0.3) is 0 Å². The number of benzene rings is 1. The maximum atomic E-state index is 5.77. The molecule has 0 aliphatic heterocycles. The van der Waals surface area contributed by atoms with Crippen molar-refractivity contribution in [3.05, 3.63) is 18.2 Å². The third-order valence-electron chi connectivity index (χ3n) is 2.27. The zero-order valence-corrected chi connectivity index (χ0v) is 10.0. The molecule has 0 aromatic heterocycles. The zero-order chi connectivity index (χ0) is 12.0. The Morgan fingerprint density at radius 1 is 1.19 bits per heavy atom. The molecule has 2 N–H and O–H groups in total. The molecule has 1 aromatic rings. The van der Waals surface area contributed by atoms with Gasteiger partial charge in [0.2, 0.25) is 5.75 Å². The highest BCUT2D eigenvalue weighted by atomic mass is 16.5. The molecule has 0 bridgehead atoms. The lowest BCUT2D eigenvalue weighted by molar-refractivity contribution is 0.195. The van der Waals surface area contributed by atoms with Gasteiger partial charge < -0.3 is 19.9 Å². The summed E-state index contributed by atoms with van der Waals surface area (Å²) in [6.07, 6.45) is 0.830. The molecule has 0 amide bonds. The zero-order valence-electron chi connectivity index (χ0n) is 10.0. The van der Waals surface area contributed by atoms with Crippen molar-refractivity contribution in [2.45, 2.75) is 19.4 Å². The van der Waals surface area contributed by atoms with Crippen LogP contribution in [0.5, 0.6) is 17.2 Å². The third kappa shape index (κ3) is 3.03. The maximum absolute atomic E-state index is 5.77. The van der Waals surface area contributed by atoms with Gasteiger partial charge in [0.25, 0.3) is 0 Å². The van der Waals surface area contributed by atoms with Gasteiger partial charge in [-0.15, -0.1) is 0 Å². The Hall–Kier alpha value is -1.42. The minimum Gasteiger partial charge on any atom is -0.493 e. The van der Waals surface area contributed by atoms with Gasteiger partial charge in [0.15, 0.2) is 11.5 Å². The summed E-state index contributed by atoms with van der Waals surface area (Å²) in [5.74, 6) is 1.97. The van der Waals surface area contributed by atoms with Crippen LogP contribution in [-0.4, -0.2) is 26.9 Å². The second kappa shape index (κ2) is 6.23. The Balaban J connectivity index is 2.90. The Bertz CT molecular complexity index is 306. The summed E-state index contributed by atoms with van der Waals surface area (Å²) >= 11 is 0. The van der Waals surface area contributed by atoms with Crippen molar-refractivity contribution < 1.29 is 14.2 Å². The van der Waals surface area contributed by atoms with Gasteiger partial charge in [-0.25, -0.2) is 0 Å². The van der Waals surface area contributed by atoms with Gasteiger partial charge in [-0.1, -0.05) is 6.07 Å². The molecule has 1 aromatic carbocycles. The van der Waals surface area contributed by atoms with E-state index >= 15 is 0 Å². The molecule has 0 aliphatic carbocycles. The van der Waals surface area contributed by atoms with Crippen LogP contribution in [0, 0.1) is 0 Å². The van der Waals surface area contributed by atoms with E-state index in [-0.39, 0.29) is 6.10 Å². The van der Waals surface area contributed by atoms with Gasteiger partial charge in [0.05, 0.1) is 20.3 Å². The van der Waals surface area contributed by atoms with Crippen LogP contribution in [0.3, 0.4) is 0 Å². The second-order valence-corrected chi connectivity index (χ2v) is 3.50. The van der Waals surface area contributed by atoms with Crippen molar-refractivity contribution in [3.63, 3.8) is 0 Å². The molecule has 0 spiro atoms. The summed E-state index contributed by atoms with van der Waals surface area (Å²) in [5.41, 5.74) is 5.48. The summed E-state index contributed by atoms with van der Waals surface area (Å²) in [6, 6.07) is 5.54. The fourth-order valence-electron chi connectivity index (χ4n) is 1.43. The van der Waals surface area contributed by atoms with Crippen molar-refractivity contribution in [2.75, 3.05) is 20.8 Å². The predicted octanol–water partition coefficient (Wildman–Crippen LogP) is 1.82.